The molecule has 14 heavy (non-hydrogen) atoms. The lowest BCUT2D eigenvalue weighted by atomic mass is 10.1. The number of hydrogen-bond donors (Lipinski definition) is 1. The molecule has 3 nitrogen and oxygen atoms in total. The molecule has 1 aromatic heterocycles. The van der Waals surface area contributed by atoms with Crippen molar-refractivity contribution in [1.82, 2.24) is 4.98 Å². The van der Waals surface area contributed by atoms with E-state index >= 15 is 0 Å². The van der Waals surface area contributed by atoms with E-state index in [0.29, 0.717) is 9.86 Å². The number of carbonyl (C=O) groups excluding carboxylic acids is 1. The Balaban J connectivity index is 3.42. The second-order valence-electron chi connectivity index (χ2n) is 2.51. The lowest BCUT2D eigenvalue weighted by molar-refractivity contribution is 0.111. The summed E-state index contributed by atoms with van der Waals surface area (Å²) in [5.74, 6) is 0. The minimum Gasteiger partial charge on any atom is -0.326 e. The quantitative estimate of drug-likeness (QED) is 0.685. The predicted molar refractivity (Wildman–Crippen MR) is 55.2 cm³/mol. The Morgan fingerprint density at radius 3 is 2.71 bits per heavy atom. The first-order valence-corrected chi connectivity index (χ1v) is 4.80. The van der Waals surface area contributed by atoms with Crippen LogP contribution in [0.15, 0.2) is 6.20 Å². The van der Waals surface area contributed by atoms with Gasteiger partial charge < -0.3 is 5.73 Å². The van der Waals surface area contributed by atoms with Crippen molar-refractivity contribution >= 4 is 28.9 Å². The minimum absolute atomic E-state index is 0.0109. The van der Waals surface area contributed by atoms with Gasteiger partial charge in [-0.15, -0.1) is 0 Å². The molecule has 76 valence electrons. The van der Waals surface area contributed by atoms with E-state index in [1.165, 1.54) is 6.20 Å². The summed E-state index contributed by atoms with van der Waals surface area (Å²) in [7, 11) is 0. The Morgan fingerprint density at radius 1 is 1.64 bits per heavy atom. The van der Waals surface area contributed by atoms with Crippen LogP contribution in [0.1, 0.15) is 28.0 Å². The average Bonchev–Trinajstić information content (AvgIpc) is 2.16. The van der Waals surface area contributed by atoms with E-state index in [1.54, 1.807) is 22.6 Å². The number of halogens is 3. The van der Waals surface area contributed by atoms with Gasteiger partial charge in [-0.1, -0.05) is 0 Å². The molecule has 2 N–H and O–H groups in total. The standard InChI is InChI=1S/C8H7F2IN2O/c9-8(10)7-4(1-12)6(3-14)13-2-5(7)11/h2-3,8H,1,12H2. The number of rotatable bonds is 3. The van der Waals surface area contributed by atoms with Crippen LogP contribution >= 0.6 is 22.6 Å². The molecule has 0 amide bonds. The number of aromatic nitrogens is 1. The molecule has 0 saturated carbocycles. The zero-order chi connectivity index (χ0) is 10.7. The molecule has 0 unspecified atom stereocenters. The zero-order valence-electron chi connectivity index (χ0n) is 7.01. The number of nitrogens with two attached hydrogens (primary N) is 1. The van der Waals surface area contributed by atoms with Gasteiger partial charge in [0.25, 0.3) is 6.43 Å². The molecule has 0 aromatic carbocycles. The van der Waals surface area contributed by atoms with E-state index in [1.807, 2.05) is 0 Å². The van der Waals surface area contributed by atoms with Gasteiger partial charge in [0.2, 0.25) is 0 Å². The molecule has 0 aliphatic carbocycles. The van der Waals surface area contributed by atoms with Gasteiger partial charge in [-0.05, 0) is 22.6 Å². The number of hydrogen-bond acceptors (Lipinski definition) is 3. The summed E-state index contributed by atoms with van der Waals surface area (Å²) in [5.41, 5.74) is 5.22. The van der Waals surface area contributed by atoms with Crippen LogP contribution in [0.5, 0.6) is 0 Å². The molecular weight excluding hydrogens is 305 g/mol. The summed E-state index contributed by atoms with van der Waals surface area (Å²) in [6.07, 6.45) is -0.961. The Labute approximate surface area is 92.8 Å². The van der Waals surface area contributed by atoms with Crippen LogP contribution in [-0.4, -0.2) is 11.3 Å². The number of aldehydes is 1. The first kappa shape index (κ1) is 11.4. The van der Waals surface area contributed by atoms with E-state index in [9.17, 15) is 13.6 Å². The van der Waals surface area contributed by atoms with Crippen molar-refractivity contribution in [3.8, 4) is 0 Å². The maximum atomic E-state index is 12.6. The Hall–Kier alpha value is -0.630. The largest absolute Gasteiger partial charge is 0.326 e. The van der Waals surface area contributed by atoms with Crippen LogP contribution in [0.4, 0.5) is 8.78 Å². The van der Waals surface area contributed by atoms with Crippen molar-refractivity contribution in [2.24, 2.45) is 5.73 Å². The summed E-state index contributed by atoms with van der Waals surface area (Å²) in [6, 6.07) is 0. The first-order chi connectivity index (χ1) is 6.61. The maximum Gasteiger partial charge on any atom is 0.265 e. The minimum atomic E-state index is -2.64. The van der Waals surface area contributed by atoms with Gasteiger partial charge in [0, 0.05) is 27.4 Å². The Kier molecular flexibility index (Phi) is 3.87. The van der Waals surface area contributed by atoms with Gasteiger partial charge in [0.05, 0.1) is 0 Å². The molecule has 6 heteroatoms. The molecule has 1 aromatic rings. The van der Waals surface area contributed by atoms with Gasteiger partial charge in [0.1, 0.15) is 5.69 Å². The van der Waals surface area contributed by atoms with Crippen molar-refractivity contribution in [3.05, 3.63) is 26.6 Å². The van der Waals surface area contributed by atoms with E-state index in [0.717, 1.165) is 0 Å². The highest BCUT2D eigenvalue weighted by Crippen LogP contribution is 2.28. The van der Waals surface area contributed by atoms with Gasteiger partial charge in [0.15, 0.2) is 6.29 Å². The van der Waals surface area contributed by atoms with E-state index in [4.69, 9.17) is 5.73 Å². The molecule has 0 radical (unpaired) electrons. The highest BCUT2D eigenvalue weighted by molar-refractivity contribution is 14.1. The number of pyridine rings is 1. The van der Waals surface area contributed by atoms with Crippen LogP contribution < -0.4 is 5.73 Å². The average molecular weight is 312 g/mol. The summed E-state index contributed by atoms with van der Waals surface area (Å²) in [5, 5.41) is 0. The molecule has 0 atom stereocenters. The number of alkyl halides is 2. The highest BCUT2D eigenvalue weighted by Gasteiger charge is 2.19. The predicted octanol–water partition coefficient (Wildman–Crippen LogP) is 1.89. The zero-order valence-corrected chi connectivity index (χ0v) is 9.16. The van der Waals surface area contributed by atoms with Crippen LogP contribution in [0, 0.1) is 3.57 Å². The molecule has 0 fully saturated rings. The topological polar surface area (TPSA) is 56.0 Å². The van der Waals surface area contributed by atoms with Crippen LogP contribution in [-0.2, 0) is 6.54 Å². The number of carbonyl (C=O) groups is 1. The Morgan fingerprint density at radius 2 is 2.29 bits per heavy atom. The number of nitrogens with zero attached hydrogens (tertiary/aromatic N) is 1. The lowest BCUT2D eigenvalue weighted by Gasteiger charge is -2.10. The third-order valence-corrected chi connectivity index (χ3v) is 2.60. The highest BCUT2D eigenvalue weighted by atomic mass is 127. The molecule has 0 aliphatic heterocycles. The lowest BCUT2D eigenvalue weighted by Crippen LogP contribution is -2.10. The van der Waals surface area contributed by atoms with Crippen molar-refractivity contribution in [1.29, 1.82) is 0 Å². The molecular formula is C8H7F2IN2O. The van der Waals surface area contributed by atoms with Crippen molar-refractivity contribution in [2.75, 3.05) is 0 Å². The first-order valence-electron chi connectivity index (χ1n) is 3.72. The smallest absolute Gasteiger partial charge is 0.265 e. The molecule has 0 aliphatic rings. The second kappa shape index (κ2) is 4.74. The molecule has 0 saturated heterocycles. The normalized spacial score (nSPS) is 10.6. The van der Waals surface area contributed by atoms with E-state index < -0.39 is 6.43 Å². The third kappa shape index (κ3) is 2.06. The summed E-state index contributed by atoms with van der Waals surface area (Å²) < 4.78 is 25.5. The van der Waals surface area contributed by atoms with Gasteiger partial charge in [-0.25, -0.2) is 8.78 Å². The Bertz CT molecular complexity index is 357. The van der Waals surface area contributed by atoms with E-state index in [-0.39, 0.29) is 23.4 Å². The third-order valence-electron chi connectivity index (χ3n) is 1.74. The maximum absolute atomic E-state index is 12.6. The fourth-order valence-corrected chi connectivity index (χ4v) is 1.81. The summed E-state index contributed by atoms with van der Waals surface area (Å²) in [6.45, 7) is -0.114. The van der Waals surface area contributed by atoms with Crippen LogP contribution in [0.3, 0.4) is 0 Å². The summed E-state index contributed by atoms with van der Waals surface area (Å²) in [4.78, 5) is 14.2. The van der Waals surface area contributed by atoms with Gasteiger partial charge in [-0.2, -0.15) is 0 Å². The molecule has 0 bridgehead atoms. The van der Waals surface area contributed by atoms with Gasteiger partial charge >= 0.3 is 0 Å². The van der Waals surface area contributed by atoms with Crippen LogP contribution in [0.25, 0.3) is 0 Å². The van der Waals surface area contributed by atoms with Crippen molar-refractivity contribution in [3.63, 3.8) is 0 Å². The fraction of sp³-hybridized carbons (Fsp3) is 0.250. The fourth-order valence-electron chi connectivity index (χ4n) is 1.11. The second-order valence-corrected chi connectivity index (χ2v) is 3.67. The summed E-state index contributed by atoms with van der Waals surface area (Å²) >= 11 is 1.74. The van der Waals surface area contributed by atoms with Crippen molar-refractivity contribution in [2.45, 2.75) is 13.0 Å². The van der Waals surface area contributed by atoms with Crippen LogP contribution in [0.2, 0.25) is 0 Å². The monoisotopic (exact) mass is 312 g/mol. The SMILES string of the molecule is NCc1c(C=O)ncc(I)c1C(F)F. The van der Waals surface area contributed by atoms with Crippen molar-refractivity contribution < 1.29 is 13.6 Å². The van der Waals surface area contributed by atoms with Gasteiger partial charge in [-0.3, -0.25) is 9.78 Å². The molecule has 0 spiro atoms. The van der Waals surface area contributed by atoms with E-state index in [2.05, 4.69) is 4.98 Å². The molecule has 1 rings (SSSR count). The molecule has 1 heterocycles.